The SMILES string of the molecule is COC(=O)Cc1ccc(CN(CCCn2cnc3c2=C2C=CC=CC2N(C(C)CCN)C=3)C(=O)CN2CC[C@@H](O)C2)cc1. The zero-order valence-corrected chi connectivity index (χ0v) is 25.3. The molecule has 3 heterocycles. The van der Waals surface area contributed by atoms with Crippen molar-refractivity contribution >= 4 is 23.6 Å². The number of carbonyl (C=O) groups excluding carboxylic acids is 2. The Kier molecular flexibility index (Phi) is 10.1. The molecular formula is C33H44N6O4. The molecule has 0 spiro atoms. The van der Waals surface area contributed by atoms with E-state index in [2.05, 4.69) is 46.9 Å². The van der Waals surface area contributed by atoms with Gasteiger partial charge in [0.05, 0.1) is 43.9 Å². The summed E-state index contributed by atoms with van der Waals surface area (Å²) in [6.45, 7) is 6.18. The van der Waals surface area contributed by atoms with E-state index in [4.69, 9.17) is 15.5 Å². The lowest BCUT2D eigenvalue weighted by atomic mass is 9.96. The fourth-order valence-corrected chi connectivity index (χ4v) is 6.19. The Morgan fingerprint density at radius 1 is 1.21 bits per heavy atom. The number of benzene rings is 1. The van der Waals surface area contributed by atoms with Crippen LogP contribution in [0, 0.1) is 0 Å². The molecule has 2 unspecified atom stereocenters. The van der Waals surface area contributed by atoms with Gasteiger partial charge in [0.2, 0.25) is 5.91 Å². The van der Waals surface area contributed by atoms with Gasteiger partial charge in [0, 0.05) is 50.5 Å². The number of aromatic nitrogens is 2. The van der Waals surface area contributed by atoms with Gasteiger partial charge in [-0.15, -0.1) is 0 Å². The molecule has 1 saturated heterocycles. The van der Waals surface area contributed by atoms with Crippen molar-refractivity contribution in [3.8, 4) is 0 Å². The van der Waals surface area contributed by atoms with E-state index in [9.17, 15) is 14.7 Å². The van der Waals surface area contributed by atoms with Crippen LogP contribution in [-0.2, 0) is 33.8 Å². The molecule has 1 fully saturated rings. The second-order valence-electron chi connectivity index (χ2n) is 11.7. The number of imidazole rings is 1. The monoisotopic (exact) mass is 588 g/mol. The molecule has 230 valence electrons. The van der Waals surface area contributed by atoms with Gasteiger partial charge >= 0.3 is 5.97 Å². The standard InChI is InChI=1S/C33H44N6O4/c1-24(12-14-34)39-21-29-33(28-6-3-4-7-30(28)39)38(23-35-29)16-5-15-37(31(41)22-36-17-13-27(40)20-36)19-26-10-8-25(9-11-26)18-32(42)43-2/h3-4,6-11,21,23-24,27,30,40H,5,12-20,22,34H2,1-2H3/t24?,27-,30?/m1/s1. The number of allylic oxidation sites excluding steroid dienone is 2. The number of hydrogen-bond acceptors (Lipinski definition) is 8. The zero-order chi connectivity index (χ0) is 30.3. The molecule has 0 radical (unpaired) electrons. The van der Waals surface area contributed by atoms with Gasteiger partial charge in [-0.2, -0.15) is 0 Å². The molecular weight excluding hydrogens is 544 g/mol. The van der Waals surface area contributed by atoms with Crippen molar-refractivity contribution in [2.24, 2.45) is 5.73 Å². The Morgan fingerprint density at radius 2 is 2.00 bits per heavy atom. The van der Waals surface area contributed by atoms with Crippen LogP contribution in [0.15, 0.2) is 54.9 Å². The Labute approximate surface area is 253 Å². The molecule has 10 nitrogen and oxygen atoms in total. The molecule has 1 aromatic heterocycles. The van der Waals surface area contributed by atoms with Gasteiger partial charge in [-0.1, -0.05) is 48.6 Å². The van der Waals surface area contributed by atoms with Crippen molar-refractivity contribution in [3.05, 3.63) is 76.7 Å². The molecule has 3 N–H and O–H groups in total. The van der Waals surface area contributed by atoms with Crippen molar-refractivity contribution in [1.29, 1.82) is 0 Å². The molecule has 2 aromatic rings. The highest BCUT2D eigenvalue weighted by Gasteiger charge is 2.28. The summed E-state index contributed by atoms with van der Waals surface area (Å²) in [5, 5.41) is 12.1. The molecule has 1 aromatic carbocycles. The first-order chi connectivity index (χ1) is 20.9. The minimum Gasteiger partial charge on any atom is -0.469 e. The lowest BCUT2D eigenvalue weighted by Gasteiger charge is -2.37. The van der Waals surface area contributed by atoms with Crippen molar-refractivity contribution in [3.63, 3.8) is 0 Å². The quantitative estimate of drug-likeness (QED) is 0.326. The number of nitrogens with two attached hydrogens (primary N) is 1. The van der Waals surface area contributed by atoms with Gasteiger partial charge in [-0.25, -0.2) is 4.98 Å². The molecule has 3 aliphatic rings. The second-order valence-corrected chi connectivity index (χ2v) is 11.7. The predicted molar refractivity (Wildman–Crippen MR) is 166 cm³/mol. The van der Waals surface area contributed by atoms with Crippen molar-refractivity contribution in [2.45, 2.75) is 63.9 Å². The Balaban J connectivity index is 1.31. The van der Waals surface area contributed by atoms with Crippen LogP contribution < -0.4 is 16.4 Å². The fraction of sp³-hybridized carbons (Fsp3) is 0.485. The summed E-state index contributed by atoms with van der Waals surface area (Å²) in [5.41, 5.74) is 8.98. The zero-order valence-electron chi connectivity index (χ0n) is 25.3. The summed E-state index contributed by atoms with van der Waals surface area (Å²) in [7, 11) is 1.38. The second kappa shape index (κ2) is 14.2. The summed E-state index contributed by atoms with van der Waals surface area (Å²) < 4.78 is 6.99. The van der Waals surface area contributed by atoms with Crippen LogP contribution in [0.4, 0.5) is 0 Å². The van der Waals surface area contributed by atoms with Crippen LogP contribution in [0.1, 0.15) is 37.3 Å². The molecule has 3 atom stereocenters. The van der Waals surface area contributed by atoms with Gasteiger partial charge in [0.25, 0.3) is 0 Å². The summed E-state index contributed by atoms with van der Waals surface area (Å²) in [5.74, 6) is -0.230. The van der Waals surface area contributed by atoms with Crippen molar-refractivity contribution in [2.75, 3.05) is 39.8 Å². The van der Waals surface area contributed by atoms with E-state index in [1.165, 1.54) is 12.7 Å². The van der Waals surface area contributed by atoms with E-state index in [-0.39, 0.29) is 30.4 Å². The summed E-state index contributed by atoms with van der Waals surface area (Å²) in [4.78, 5) is 36.2. The maximum atomic E-state index is 13.5. The maximum Gasteiger partial charge on any atom is 0.309 e. The molecule has 1 amide bonds. The minimum atomic E-state index is -0.368. The van der Waals surface area contributed by atoms with E-state index >= 15 is 0 Å². The first-order valence-electron chi connectivity index (χ1n) is 15.3. The summed E-state index contributed by atoms with van der Waals surface area (Å²) in [6.07, 6.45) is 14.9. The fourth-order valence-electron chi connectivity index (χ4n) is 6.19. The summed E-state index contributed by atoms with van der Waals surface area (Å²) >= 11 is 0. The third-order valence-corrected chi connectivity index (χ3v) is 8.58. The van der Waals surface area contributed by atoms with E-state index < -0.39 is 0 Å². The predicted octanol–water partition coefficient (Wildman–Crippen LogP) is 0.520. The Bertz CT molecular complexity index is 1460. The normalized spacial score (nSPS) is 20.0. The third kappa shape index (κ3) is 7.44. The number of carbonyl (C=O) groups is 2. The number of β-amino-alcohol motifs (C(OH)–C–C–N with tert-alkyl or cyclic N) is 1. The largest absolute Gasteiger partial charge is 0.469 e. The maximum absolute atomic E-state index is 13.5. The van der Waals surface area contributed by atoms with Crippen LogP contribution in [0.25, 0.3) is 11.8 Å². The average Bonchev–Trinajstić information content (AvgIpc) is 3.62. The number of rotatable bonds is 13. The molecule has 5 rings (SSSR count). The number of aryl methyl sites for hydroxylation is 1. The van der Waals surface area contributed by atoms with E-state index in [1.54, 1.807) is 0 Å². The van der Waals surface area contributed by atoms with E-state index in [1.807, 2.05) is 40.4 Å². The van der Waals surface area contributed by atoms with Gasteiger partial charge < -0.3 is 29.9 Å². The first-order valence-corrected chi connectivity index (χ1v) is 15.3. The Hall–Kier alpha value is -3.73. The lowest BCUT2D eigenvalue weighted by Crippen LogP contribution is -2.49. The first kappa shape index (κ1) is 30.7. The molecule has 0 saturated carbocycles. The highest BCUT2D eigenvalue weighted by atomic mass is 16.5. The Morgan fingerprint density at radius 3 is 2.72 bits per heavy atom. The number of amides is 1. The van der Waals surface area contributed by atoms with Gasteiger partial charge in [-0.05, 0) is 43.9 Å². The van der Waals surface area contributed by atoms with Gasteiger partial charge in [0.1, 0.15) is 5.35 Å². The number of aliphatic hydroxyl groups is 1. The van der Waals surface area contributed by atoms with E-state index in [0.29, 0.717) is 45.2 Å². The smallest absolute Gasteiger partial charge is 0.309 e. The average molecular weight is 589 g/mol. The molecule has 0 bridgehead atoms. The van der Waals surface area contributed by atoms with Crippen LogP contribution in [0.5, 0.6) is 0 Å². The number of hydrogen-bond donors (Lipinski definition) is 2. The van der Waals surface area contributed by atoms with Gasteiger partial charge in [0.15, 0.2) is 0 Å². The van der Waals surface area contributed by atoms with Crippen molar-refractivity contribution < 1.29 is 19.4 Å². The van der Waals surface area contributed by atoms with Crippen LogP contribution in [0.3, 0.4) is 0 Å². The van der Waals surface area contributed by atoms with Gasteiger partial charge in [-0.3, -0.25) is 14.5 Å². The number of likely N-dealkylation sites (tertiary alicyclic amines) is 1. The summed E-state index contributed by atoms with van der Waals surface area (Å²) in [6, 6.07) is 8.21. The highest BCUT2D eigenvalue weighted by Crippen LogP contribution is 2.23. The van der Waals surface area contributed by atoms with Crippen LogP contribution in [-0.4, -0.2) is 99.3 Å². The number of esters is 1. The van der Waals surface area contributed by atoms with Crippen molar-refractivity contribution in [1.82, 2.24) is 24.3 Å². The van der Waals surface area contributed by atoms with Crippen LogP contribution >= 0.6 is 0 Å². The lowest BCUT2D eigenvalue weighted by molar-refractivity contribution is -0.139. The molecule has 43 heavy (non-hydrogen) atoms. The highest BCUT2D eigenvalue weighted by molar-refractivity contribution is 5.78. The number of nitrogens with zero attached hydrogens (tertiary/aromatic N) is 5. The topological polar surface area (TPSA) is 117 Å². The number of aliphatic hydroxyl groups excluding tert-OH is 1. The number of fused-ring (bicyclic) bond motifs is 2. The van der Waals surface area contributed by atoms with Crippen LogP contribution in [0.2, 0.25) is 0 Å². The minimum absolute atomic E-state index is 0.0491. The molecule has 2 aliphatic heterocycles. The molecule has 10 heteroatoms. The van der Waals surface area contributed by atoms with E-state index in [0.717, 1.165) is 47.8 Å². The number of methoxy groups -OCH3 is 1. The third-order valence-electron chi connectivity index (χ3n) is 8.58. The molecule has 1 aliphatic carbocycles. The number of ether oxygens (including phenoxy) is 1.